The molecular weight excluding hydrogens is 290 g/mol. The van der Waals surface area contributed by atoms with Crippen molar-refractivity contribution in [2.75, 3.05) is 11.9 Å². The Kier molecular flexibility index (Phi) is 5.16. The van der Waals surface area contributed by atoms with Crippen LogP contribution in [0, 0.1) is 27.7 Å². The van der Waals surface area contributed by atoms with E-state index in [9.17, 15) is 9.59 Å². The Bertz CT molecular complexity index is 730. The summed E-state index contributed by atoms with van der Waals surface area (Å²) in [5.41, 5.74) is 5.20. The number of esters is 1. The van der Waals surface area contributed by atoms with Gasteiger partial charge in [-0.1, -0.05) is 18.2 Å². The lowest BCUT2D eigenvalue weighted by Gasteiger charge is -2.10. The fraction of sp³-hybridized carbons (Fsp3) is 0.263. The van der Waals surface area contributed by atoms with Gasteiger partial charge in [0.25, 0.3) is 5.91 Å². The number of ether oxygens (including phenoxy) is 1. The highest BCUT2D eigenvalue weighted by molar-refractivity contribution is 5.96. The van der Waals surface area contributed by atoms with Gasteiger partial charge in [-0.25, -0.2) is 4.79 Å². The molecule has 2 rings (SSSR count). The average Bonchev–Trinajstić information content (AvgIpc) is 2.46. The second kappa shape index (κ2) is 7.09. The molecule has 4 nitrogen and oxygen atoms in total. The van der Waals surface area contributed by atoms with Crippen LogP contribution in [0.1, 0.15) is 32.6 Å². The summed E-state index contributed by atoms with van der Waals surface area (Å²) in [7, 11) is 0. The molecule has 0 aromatic heterocycles. The minimum Gasteiger partial charge on any atom is -0.452 e. The molecule has 0 fully saturated rings. The third kappa shape index (κ3) is 4.42. The number of benzene rings is 2. The largest absolute Gasteiger partial charge is 0.452 e. The van der Waals surface area contributed by atoms with E-state index >= 15 is 0 Å². The molecule has 2 aromatic carbocycles. The van der Waals surface area contributed by atoms with Crippen molar-refractivity contribution in [2.24, 2.45) is 0 Å². The van der Waals surface area contributed by atoms with Gasteiger partial charge in [0.2, 0.25) is 0 Å². The molecule has 0 heterocycles. The first kappa shape index (κ1) is 16.7. The molecule has 23 heavy (non-hydrogen) atoms. The van der Waals surface area contributed by atoms with Gasteiger partial charge in [0.1, 0.15) is 0 Å². The smallest absolute Gasteiger partial charge is 0.338 e. The summed E-state index contributed by atoms with van der Waals surface area (Å²) in [6, 6.07) is 11.2. The number of carbonyl (C=O) groups is 2. The number of rotatable bonds is 4. The Morgan fingerprint density at radius 1 is 1.00 bits per heavy atom. The molecule has 0 aliphatic carbocycles. The van der Waals surface area contributed by atoms with E-state index in [2.05, 4.69) is 5.32 Å². The fourth-order valence-electron chi connectivity index (χ4n) is 2.42. The fourth-order valence-corrected chi connectivity index (χ4v) is 2.42. The van der Waals surface area contributed by atoms with E-state index in [-0.39, 0.29) is 12.5 Å². The van der Waals surface area contributed by atoms with Crippen LogP contribution in [0.5, 0.6) is 0 Å². The Morgan fingerprint density at radius 3 is 2.30 bits per heavy atom. The van der Waals surface area contributed by atoms with Crippen molar-refractivity contribution >= 4 is 17.6 Å². The van der Waals surface area contributed by atoms with Gasteiger partial charge in [-0.15, -0.1) is 0 Å². The highest BCUT2D eigenvalue weighted by Gasteiger charge is 2.13. The number of nitrogens with one attached hydrogen (secondary N) is 1. The van der Waals surface area contributed by atoms with Gasteiger partial charge < -0.3 is 10.1 Å². The normalized spacial score (nSPS) is 10.3. The highest BCUT2D eigenvalue weighted by atomic mass is 16.5. The van der Waals surface area contributed by atoms with E-state index in [0.717, 1.165) is 22.3 Å². The summed E-state index contributed by atoms with van der Waals surface area (Å²) in [4.78, 5) is 24.0. The molecule has 0 radical (unpaired) electrons. The summed E-state index contributed by atoms with van der Waals surface area (Å²) >= 11 is 0. The molecule has 0 saturated heterocycles. The number of hydrogen-bond acceptors (Lipinski definition) is 3. The monoisotopic (exact) mass is 311 g/mol. The lowest BCUT2D eigenvalue weighted by atomic mass is 10.0. The minimum absolute atomic E-state index is 0.306. The first-order valence-corrected chi connectivity index (χ1v) is 7.48. The molecule has 0 spiro atoms. The number of hydrogen-bond donors (Lipinski definition) is 1. The van der Waals surface area contributed by atoms with E-state index in [1.807, 2.05) is 52.0 Å². The van der Waals surface area contributed by atoms with Crippen LogP contribution >= 0.6 is 0 Å². The molecule has 0 aliphatic rings. The van der Waals surface area contributed by atoms with Crippen LogP contribution in [0.25, 0.3) is 0 Å². The van der Waals surface area contributed by atoms with Crippen LogP contribution < -0.4 is 5.32 Å². The number of amides is 1. The van der Waals surface area contributed by atoms with Crippen molar-refractivity contribution in [1.82, 2.24) is 0 Å². The molecular formula is C19H21NO3. The van der Waals surface area contributed by atoms with Crippen molar-refractivity contribution < 1.29 is 14.3 Å². The zero-order chi connectivity index (χ0) is 17.0. The SMILES string of the molecule is Cc1cc(C)cc(NC(=O)COC(=O)c2cccc(C)c2C)c1. The standard InChI is InChI=1S/C19H21NO3/c1-12-8-13(2)10-16(9-12)20-18(21)11-23-19(22)17-7-5-6-14(3)15(17)4/h5-10H,11H2,1-4H3,(H,20,21). The average molecular weight is 311 g/mol. The molecule has 4 heteroatoms. The van der Waals surface area contributed by atoms with E-state index in [1.54, 1.807) is 12.1 Å². The minimum atomic E-state index is -0.484. The molecule has 1 N–H and O–H groups in total. The van der Waals surface area contributed by atoms with Crippen molar-refractivity contribution in [1.29, 1.82) is 0 Å². The maximum absolute atomic E-state index is 12.1. The third-order valence-electron chi connectivity index (χ3n) is 3.66. The van der Waals surface area contributed by atoms with Crippen molar-refractivity contribution in [2.45, 2.75) is 27.7 Å². The molecule has 1 amide bonds. The Labute approximate surface area is 136 Å². The first-order chi connectivity index (χ1) is 10.9. The zero-order valence-corrected chi connectivity index (χ0v) is 13.9. The summed E-state index contributed by atoms with van der Waals surface area (Å²) in [6.07, 6.45) is 0. The molecule has 0 bridgehead atoms. The van der Waals surface area contributed by atoms with Crippen LogP contribution in [-0.2, 0) is 9.53 Å². The third-order valence-corrected chi connectivity index (χ3v) is 3.66. The van der Waals surface area contributed by atoms with Gasteiger partial charge in [0.15, 0.2) is 6.61 Å². The van der Waals surface area contributed by atoms with Crippen LogP contribution in [0.2, 0.25) is 0 Å². The van der Waals surface area contributed by atoms with E-state index in [1.165, 1.54) is 0 Å². The molecule has 0 unspecified atom stereocenters. The van der Waals surface area contributed by atoms with E-state index in [0.29, 0.717) is 11.3 Å². The molecule has 0 atom stereocenters. The quantitative estimate of drug-likeness (QED) is 0.876. The van der Waals surface area contributed by atoms with Crippen molar-refractivity contribution in [3.8, 4) is 0 Å². The number of aryl methyl sites for hydroxylation is 3. The lowest BCUT2D eigenvalue weighted by molar-refractivity contribution is -0.119. The summed E-state index contributed by atoms with van der Waals surface area (Å²) < 4.78 is 5.11. The summed E-state index contributed by atoms with van der Waals surface area (Å²) in [5, 5.41) is 2.74. The maximum Gasteiger partial charge on any atom is 0.338 e. The zero-order valence-electron chi connectivity index (χ0n) is 13.9. The van der Waals surface area contributed by atoms with Gasteiger partial charge >= 0.3 is 5.97 Å². The van der Waals surface area contributed by atoms with E-state index < -0.39 is 5.97 Å². The molecule has 0 aliphatic heterocycles. The van der Waals surface area contributed by atoms with Gasteiger partial charge in [-0.05, 0) is 68.1 Å². The van der Waals surface area contributed by atoms with Crippen LogP contribution in [0.15, 0.2) is 36.4 Å². The maximum atomic E-state index is 12.1. The van der Waals surface area contributed by atoms with Gasteiger partial charge in [-0.2, -0.15) is 0 Å². The number of carbonyl (C=O) groups excluding carboxylic acids is 2. The highest BCUT2D eigenvalue weighted by Crippen LogP contribution is 2.15. The molecule has 120 valence electrons. The Balaban J connectivity index is 1.96. The summed E-state index contributed by atoms with van der Waals surface area (Å²) in [5.74, 6) is -0.838. The number of anilines is 1. The second-order valence-corrected chi connectivity index (χ2v) is 5.75. The lowest BCUT2D eigenvalue weighted by Crippen LogP contribution is -2.21. The van der Waals surface area contributed by atoms with Crippen molar-refractivity contribution in [3.63, 3.8) is 0 Å². The van der Waals surface area contributed by atoms with E-state index in [4.69, 9.17) is 4.74 Å². The Morgan fingerprint density at radius 2 is 1.65 bits per heavy atom. The molecule has 2 aromatic rings. The van der Waals surface area contributed by atoms with Crippen LogP contribution in [0.4, 0.5) is 5.69 Å². The van der Waals surface area contributed by atoms with Crippen LogP contribution in [-0.4, -0.2) is 18.5 Å². The first-order valence-electron chi connectivity index (χ1n) is 7.48. The van der Waals surface area contributed by atoms with Gasteiger partial charge in [0, 0.05) is 5.69 Å². The Hall–Kier alpha value is -2.62. The predicted octanol–water partition coefficient (Wildman–Crippen LogP) is 3.72. The summed E-state index contributed by atoms with van der Waals surface area (Å²) in [6.45, 7) is 7.41. The topological polar surface area (TPSA) is 55.4 Å². The molecule has 0 saturated carbocycles. The van der Waals surface area contributed by atoms with Gasteiger partial charge in [-0.3, -0.25) is 4.79 Å². The predicted molar refractivity (Wildman–Crippen MR) is 90.7 cm³/mol. The second-order valence-electron chi connectivity index (χ2n) is 5.75. The van der Waals surface area contributed by atoms with Gasteiger partial charge in [0.05, 0.1) is 5.56 Å². The van der Waals surface area contributed by atoms with Crippen molar-refractivity contribution in [3.05, 3.63) is 64.2 Å². The van der Waals surface area contributed by atoms with Crippen LogP contribution in [0.3, 0.4) is 0 Å².